The van der Waals surface area contributed by atoms with E-state index in [9.17, 15) is 0 Å². The molecule has 0 radical (unpaired) electrons. The number of aromatic nitrogens is 1. The van der Waals surface area contributed by atoms with E-state index in [1.165, 1.54) is 0 Å². The number of fused-ring (bicyclic) bond motifs is 1. The molecule has 1 fully saturated rings. The van der Waals surface area contributed by atoms with E-state index in [1.54, 1.807) is 11.8 Å². The second-order valence-corrected chi connectivity index (χ2v) is 5.90. The molecule has 0 saturated carbocycles. The van der Waals surface area contributed by atoms with E-state index in [1.807, 2.05) is 18.3 Å². The Kier molecular flexibility index (Phi) is 3.34. The zero-order valence-electron chi connectivity index (χ0n) is 9.72. The van der Waals surface area contributed by atoms with Crippen LogP contribution in [-0.2, 0) is 0 Å². The molecule has 1 aliphatic heterocycles. The number of pyridine rings is 1. The monoisotopic (exact) mass is 275 g/mol. The molecule has 92 valence electrons. The van der Waals surface area contributed by atoms with Gasteiger partial charge in [0.2, 0.25) is 0 Å². The van der Waals surface area contributed by atoms with Gasteiger partial charge in [0.05, 0.1) is 17.2 Å². The van der Waals surface area contributed by atoms with E-state index >= 15 is 0 Å². The largest absolute Gasteiger partial charge is 0.381 e. The second kappa shape index (κ2) is 5.12. The molecule has 1 saturated heterocycles. The Labute approximate surface area is 115 Å². The first kappa shape index (κ1) is 11.7. The average molecular weight is 275 g/mol. The van der Waals surface area contributed by atoms with Crippen molar-refractivity contribution in [2.45, 2.75) is 6.04 Å². The number of rotatable bonds is 3. The number of benzene rings is 1. The van der Waals surface area contributed by atoms with Crippen molar-refractivity contribution in [3.05, 3.63) is 36.5 Å². The van der Waals surface area contributed by atoms with Gasteiger partial charge < -0.3 is 10.6 Å². The molecule has 18 heavy (non-hydrogen) atoms. The Morgan fingerprint density at radius 3 is 3.11 bits per heavy atom. The summed E-state index contributed by atoms with van der Waals surface area (Å²) in [7, 11) is 0. The number of hydrogen-bond acceptors (Lipinski definition) is 4. The highest BCUT2D eigenvalue weighted by Crippen LogP contribution is 2.21. The summed E-state index contributed by atoms with van der Waals surface area (Å²) in [5.74, 6) is 1.03. The van der Waals surface area contributed by atoms with Crippen LogP contribution in [0.3, 0.4) is 0 Å². The van der Waals surface area contributed by atoms with Crippen LogP contribution in [0.1, 0.15) is 0 Å². The predicted molar refractivity (Wildman–Crippen MR) is 82.2 cm³/mol. The zero-order chi connectivity index (χ0) is 12.4. The van der Waals surface area contributed by atoms with Crippen molar-refractivity contribution in [2.75, 3.05) is 17.6 Å². The molecule has 1 aliphatic rings. The maximum absolute atomic E-state index is 5.12. The van der Waals surface area contributed by atoms with Gasteiger partial charge in [-0.2, -0.15) is 0 Å². The average Bonchev–Trinajstić information content (AvgIpc) is 2.82. The quantitative estimate of drug-likeness (QED) is 0.842. The summed E-state index contributed by atoms with van der Waals surface area (Å²) in [6, 6.07) is 10.6. The van der Waals surface area contributed by atoms with Gasteiger partial charge in [0.15, 0.2) is 0 Å². The minimum absolute atomic E-state index is 0.404. The minimum atomic E-state index is 0.404. The van der Waals surface area contributed by atoms with Crippen molar-refractivity contribution < 1.29 is 0 Å². The van der Waals surface area contributed by atoms with Crippen LogP contribution in [0.4, 0.5) is 5.69 Å². The number of nitrogens with one attached hydrogen (secondary N) is 2. The summed E-state index contributed by atoms with van der Waals surface area (Å²) in [6.07, 6.45) is 1.83. The Morgan fingerprint density at radius 2 is 2.28 bits per heavy atom. The predicted octanol–water partition coefficient (Wildman–Crippen LogP) is 2.64. The molecule has 1 aromatic carbocycles. The molecule has 0 aliphatic carbocycles. The molecule has 5 heteroatoms. The maximum atomic E-state index is 5.12. The second-order valence-electron chi connectivity index (χ2n) is 4.20. The summed E-state index contributed by atoms with van der Waals surface area (Å²) < 4.78 is 0.901. The fourth-order valence-electron chi connectivity index (χ4n) is 2.02. The van der Waals surface area contributed by atoms with Crippen molar-refractivity contribution >= 4 is 44.9 Å². The molecule has 0 amide bonds. The van der Waals surface area contributed by atoms with E-state index in [4.69, 9.17) is 12.2 Å². The van der Waals surface area contributed by atoms with Gasteiger partial charge in [0, 0.05) is 23.9 Å². The lowest BCUT2D eigenvalue weighted by atomic mass is 10.2. The van der Waals surface area contributed by atoms with Crippen LogP contribution < -0.4 is 10.6 Å². The number of hydrogen-bond donors (Lipinski definition) is 2. The minimum Gasteiger partial charge on any atom is -0.381 e. The van der Waals surface area contributed by atoms with E-state index in [0.717, 1.165) is 33.2 Å². The fourth-order valence-corrected chi connectivity index (χ4v) is 3.19. The first-order valence-corrected chi connectivity index (χ1v) is 7.23. The number of nitrogens with zero attached hydrogens (tertiary/aromatic N) is 1. The normalized spacial score (nSPS) is 18.9. The lowest BCUT2D eigenvalue weighted by Gasteiger charge is -2.13. The van der Waals surface area contributed by atoms with Crippen LogP contribution in [0, 0.1) is 0 Å². The molecule has 2 heterocycles. The van der Waals surface area contributed by atoms with E-state index < -0.39 is 0 Å². The standard InChI is InChI=1S/C13H13N3S2/c17-13-16-10(8-18-13)7-15-11-5-1-3-9-4-2-6-14-12(9)11/h1-6,10,15H,7-8H2,(H,16,17)/t10-/m1/s1. The Balaban J connectivity index is 1.76. The molecule has 0 bridgehead atoms. The molecule has 3 rings (SSSR count). The maximum Gasteiger partial charge on any atom is 0.134 e. The van der Waals surface area contributed by atoms with Crippen LogP contribution in [0.15, 0.2) is 36.5 Å². The van der Waals surface area contributed by atoms with E-state index in [2.05, 4.69) is 33.8 Å². The molecule has 0 unspecified atom stereocenters. The number of para-hydroxylation sites is 1. The number of thiocarbonyl (C=S) groups is 1. The summed E-state index contributed by atoms with van der Waals surface area (Å²) in [5, 5.41) is 7.89. The first-order chi connectivity index (χ1) is 8.83. The van der Waals surface area contributed by atoms with Crippen LogP contribution in [0.5, 0.6) is 0 Å². The third kappa shape index (κ3) is 2.42. The van der Waals surface area contributed by atoms with Crippen molar-refractivity contribution in [3.63, 3.8) is 0 Å². The van der Waals surface area contributed by atoms with Crippen molar-refractivity contribution in [1.29, 1.82) is 0 Å². The van der Waals surface area contributed by atoms with Gasteiger partial charge in [0.1, 0.15) is 4.32 Å². The van der Waals surface area contributed by atoms with Gasteiger partial charge in [-0.05, 0) is 12.1 Å². The van der Waals surface area contributed by atoms with E-state index in [0.29, 0.717) is 6.04 Å². The number of thioether (sulfide) groups is 1. The molecular weight excluding hydrogens is 262 g/mol. The van der Waals surface area contributed by atoms with Crippen molar-refractivity contribution in [3.8, 4) is 0 Å². The van der Waals surface area contributed by atoms with Gasteiger partial charge >= 0.3 is 0 Å². The smallest absolute Gasteiger partial charge is 0.134 e. The van der Waals surface area contributed by atoms with Crippen molar-refractivity contribution in [2.24, 2.45) is 0 Å². The zero-order valence-corrected chi connectivity index (χ0v) is 11.4. The van der Waals surface area contributed by atoms with Gasteiger partial charge in [-0.1, -0.05) is 42.2 Å². The molecule has 1 aromatic heterocycles. The van der Waals surface area contributed by atoms with Gasteiger partial charge in [-0.25, -0.2) is 0 Å². The first-order valence-electron chi connectivity index (χ1n) is 5.84. The molecule has 1 atom stereocenters. The van der Waals surface area contributed by atoms with Crippen LogP contribution in [-0.4, -0.2) is 27.6 Å². The molecular formula is C13H13N3S2. The highest BCUT2D eigenvalue weighted by Gasteiger charge is 2.18. The Hall–Kier alpha value is -1.33. The summed E-state index contributed by atoms with van der Waals surface area (Å²) >= 11 is 6.82. The van der Waals surface area contributed by atoms with Gasteiger partial charge in [-0.3, -0.25) is 4.98 Å². The Bertz CT molecular complexity index is 580. The third-order valence-electron chi connectivity index (χ3n) is 2.91. The van der Waals surface area contributed by atoms with Crippen LogP contribution in [0.25, 0.3) is 10.9 Å². The molecule has 2 N–H and O–H groups in total. The van der Waals surface area contributed by atoms with E-state index in [-0.39, 0.29) is 0 Å². The summed E-state index contributed by atoms with van der Waals surface area (Å²) in [6.45, 7) is 0.864. The van der Waals surface area contributed by atoms with Crippen LogP contribution >= 0.6 is 24.0 Å². The molecule has 2 aromatic rings. The lowest BCUT2D eigenvalue weighted by Crippen LogP contribution is -2.33. The molecule has 3 nitrogen and oxygen atoms in total. The third-order valence-corrected chi connectivity index (χ3v) is 4.33. The highest BCUT2D eigenvalue weighted by atomic mass is 32.2. The highest BCUT2D eigenvalue weighted by molar-refractivity contribution is 8.23. The summed E-state index contributed by atoms with van der Waals surface area (Å²) in [4.78, 5) is 4.43. The lowest BCUT2D eigenvalue weighted by molar-refractivity contribution is 0.729. The van der Waals surface area contributed by atoms with Crippen molar-refractivity contribution in [1.82, 2.24) is 10.3 Å². The SMILES string of the molecule is S=C1N[C@H](CNc2cccc3cccnc23)CS1. The number of anilines is 1. The van der Waals surface area contributed by atoms with Crippen LogP contribution in [0.2, 0.25) is 0 Å². The molecule has 0 spiro atoms. The fraction of sp³-hybridized carbons (Fsp3) is 0.231. The Morgan fingerprint density at radius 1 is 1.39 bits per heavy atom. The summed E-state index contributed by atoms with van der Waals surface area (Å²) in [5.41, 5.74) is 2.10. The van der Waals surface area contributed by atoms with Gasteiger partial charge in [-0.15, -0.1) is 0 Å². The topological polar surface area (TPSA) is 37.0 Å². The van der Waals surface area contributed by atoms with Gasteiger partial charge in [0.25, 0.3) is 0 Å².